The topological polar surface area (TPSA) is 113 Å². The quantitative estimate of drug-likeness (QED) is 0.568. The second-order valence-electron chi connectivity index (χ2n) is 4.22. The van der Waals surface area contributed by atoms with Crippen LogP contribution in [-0.4, -0.2) is 65.2 Å². The number of rotatable bonds is 9. The van der Waals surface area contributed by atoms with E-state index in [1.165, 1.54) is 16.7 Å². The first-order valence-electron chi connectivity index (χ1n) is 6.62. The minimum atomic E-state index is -0.455. The zero-order chi connectivity index (χ0) is 15.7. The number of hydrogen-bond donors (Lipinski definition) is 1. The van der Waals surface area contributed by atoms with Crippen molar-refractivity contribution in [1.29, 1.82) is 0 Å². The summed E-state index contributed by atoms with van der Waals surface area (Å²) in [7, 11) is 1.53. The highest BCUT2D eigenvalue weighted by Gasteiger charge is 2.18. The van der Waals surface area contributed by atoms with Gasteiger partial charge >= 0.3 is 5.97 Å². The van der Waals surface area contributed by atoms with Gasteiger partial charge < -0.3 is 20.1 Å². The summed E-state index contributed by atoms with van der Waals surface area (Å²) in [5.74, 6) is -0.725. The molecule has 0 radical (unpaired) electrons. The molecule has 0 aromatic carbocycles. The van der Waals surface area contributed by atoms with E-state index in [0.29, 0.717) is 18.8 Å². The smallest absolute Gasteiger partial charge is 0.325 e. The fraction of sp³-hybridized carbons (Fsp3) is 0.667. The molecule has 0 bridgehead atoms. The van der Waals surface area contributed by atoms with E-state index in [-0.39, 0.29) is 32.1 Å². The molecule has 0 saturated carbocycles. The molecule has 9 nitrogen and oxygen atoms in total. The van der Waals surface area contributed by atoms with E-state index in [1.807, 2.05) is 0 Å². The Morgan fingerprint density at radius 1 is 1.48 bits per heavy atom. The van der Waals surface area contributed by atoms with Crippen LogP contribution in [0.2, 0.25) is 0 Å². The average Bonchev–Trinajstić information content (AvgIpc) is 2.91. The Morgan fingerprint density at radius 2 is 2.24 bits per heavy atom. The van der Waals surface area contributed by atoms with Crippen molar-refractivity contribution in [2.75, 3.05) is 33.4 Å². The highest BCUT2D eigenvalue weighted by Crippen LogP contribution is 1.97. The lowest BCUT2D eigenvalue weighted by Crippen LogP contribution is -2.40. The van der Waals surface area contributed by atoms with Gasteiger partial charge in [0.1, 0.15) is 13.1 Å². The second kappa shape index (κ2) is 9.03. The molecule has 0 aliphatic carbocycles. The maximum Gasteiger partial charge on any atom is 0.325 e. The molecular weight excluding hydrogens is 278 g/mol. The van der Waals surface area contributed by atoms with E-state index in [4.69, 9.17) is 15.2 Å². The van der Waals surface area contributed by atoms with Gasteiger partial charge in [-0.2, -0.15) is 0 Å². The number of hydrogen-bond acceptors (Lipinski definition) is 7. The molecule has 0 spiro atoms. The minimum absolute atomic E-state index is 0.0177. The SMILES string of the molecule is CCOC(=O)CN(CCOC)C(=O)Cn1cc(CN)nn1. The molecule has 1 amide bonds. The van der Waals surface area contributed by atoms with Crippen molar-refractivity contribution in [2.24, 2.45) is 5.73 Å². The Labute approximate surface area is 123 Å². The van der Waals surface area contributed by atoms with Crippen molar-refractivity contribution in [3.05, 3.63) is 11.9 Å². The summed E-state index contributed by atoms with van der Waals surface area (Å²) in [5, 5.41) is 7.60. The molecule has 1 aromatic rings. The third-order valence-electron chi connectivity index (χ3n) is 2.64. The number of amides is 1. The Kier molecular flexibility index (Phi) is 7.33. The zero-order valence-corrected chi connectivity index (χ0v) is 12.3. The van der Waals surface area contributed by atoms with Crippen molar-refractivity contribution in [3.8, 4) is 0 Å². The van der Waals surface area contributed by atoms with Gasteiger partial charge in [-0.1, -0.05) is 5.21 Å². The van der Waals surface area contributed by atoms with Gasteiger partial charge in [0.2, 0.25) is 5.91 Å². The molecule has 0 saturated heterocycles. The van der Waals surface area contributed by atoms with Crippen LogP contribution in [0.1, 0.15) is 12.6 Å². The summed E-state index contributed by atoms with van der Waals surface area (Å²) in [6, 6.07) is 0. The first-order valence-corrected chi connectivity index (χ1v) is 6.62. The lowest BCUT2D eigenvalue weighted by molar-refractivity contribution is -0.149. The van der Waals surface area contributed by atoms with Crippen molar-refractivity contribution < 1.29 is 19.1 Å². The molecule has 0 aliphatic heterocycles. The molecule has 118 valence electrons. The molecule has 1 aromatic heterocycles. The van der Waals surface area contributed by atoms with E-state index >= 15 is 0 Å². The third-order valence-corrected chi connectivity index (χ3v) is 2.64. The normalized spacial score (nSPS) is 10.4. The van der Waals surface area contributed by atoms with Crippen LogP contribution < -0.4 is 5.73 Å². The van der Waals surface area contributed by atoms with Gasteiger partial charge in [-0.05, 0) is 6.92 Å². The highest BCUT2D eigenvalue weighted by molar-refractivity contribution is 5.81. The van der Waals surface area contributed by atoms with Crippen LogP contribution in [-0.2, 0) is 32.2 Å². The summed E-state index contributed by atoms with van der Waals surface area (Å²) < 4.78 is 11.2. The van der Waals surface area contributed by atoms with Crippen LogP contribution in [0.3, 0.4) is 0 Å². The summed E-state index contributed by atoms with van der Waals surface area (Å²) in [6.07, 6.45) is 1.59. The van der Waals surface area contributed by atoms with E-state index in [0.717, 1.165) is 0 Å². The lowest BCUT2D eigenvalue weighted by Gasteiger charge is -2.21. The summed E-state index contributed by atoms with van der Waals surface area (Å²) in [6.45, 7) is 2.73. The predicted octanol–water partition coefficient (Wildman–Crippen LogP) is -1.23. The second-order valence-corrected chi connectivity index (χ2v) is 4.22. The molecule has 1 rings (SSSR count). The van der Waals surface area contributed by atoms with Gasteiger partial charge in [0, 0.05) is 20.2 Å². The largest absolute Gasteiger partial charge is 0.465 e. The summed E-state index contributed by atoms with van der Waals surface area (Å²) in [5.41, 5.74) is 6.02. The summed E-state index contributed by atoms with van der Waals surface area (Å²) in [4.78, 5) is 25.1. The van der Waals surface area contributed by atoms with Gasteiger partial charge in [-0.25, -0.2) is 4.68 Å². The van der Waals surface area contributed by atoms with Gasteiger partial charge in [-0.15, -0.1) is 5.10 Å². The van der Waals surface area contributed by atoms with Crippen molar-refractivity contribution in [2.45, 2.75) is 20.0 Å². The van der Waals surface area contributed by atoms with Gasteiger partial charge in [-0.3, -0.25) is 9.59 Å². The number of carbonyl (C=O) groups is 2. The van der Waals surface area contributed by atoms with Gasteiger partial charge in [0.15, 0.2) is 0 Å². The number of esters is 1. The zero-order valence-electron chi connectivity index (χ0n) is 12.3. The maximum atomic E-state index is 12.2. The fourth-order valence-corrected chi connectivity index (χ4v) is 1.60. The Bertz CT molecular complexity index is 462. The molecular formula is C12H21N5O4. The molecule has 21 heavy (non-hydrogen) atoms. The van der Waals surface area contributed by atoms with Crippen LogP contribution >= 0.6 is 0 Å². The van der Waals surface area contributed by atoms with Crippen molar-refractivity contribution >= 4 is 11.9 Å². The number of aromatic nitrogens is 3. The Morgan fingerprint density at radius 3 is 2.81 bits per heavy atom. The predicted molar refractivity (Wildman–Crippen MR) is 73.0 cm³/mol. The fourth-order valence-electron chi connectivity index (χ4n) is 1.60. The van der Waals surface area contributed by atoms with Gasteiger partial charge in [0.05, 0.1) is 25.1 Å². The third kappa shape index (κ3) is 5.88. The molecule has 0 atom stereocenters. The van der Waals surface area contributed by atoms with E-state index in [2.05, 4.69) is 10.3 Å². The number of methoxy groups -OCH3 is 1. The molecule has 0 fully saturated rings. The number of carbonyl (C=O) groups excluding carboxylic acids is 2. The van der Waals surface area contributed by atoms with Crippen molar-refractivity contribution in [1.82, 2.24) is 19.9 Å². The highest BCUT2D eigenvalue weighted by atomic mass is 16.5. The Hall–Kier alpha value is -2.00. The molecule has 2 N–H and O–H groups in total. The van der Waals surface area contributed by atoms with Crippen LogP contribution in [0.25, 0.3) is 0 Å². The van der Waals surface area contributed by atoms with Crippen molar-refractivity contribution in [3.63, 3.8) is 0 Å². The van der Waals surface area contributed by atoms with E-state index < -0.39 is 5.97 Å². The van der Waals surface area contributed by atoms with E-state index in [1.54, 1.807) is 13.1 Å². The minimum Gasteiger partial charge on any atom is -0.465 e. The number of ether oxygens (including phenoxy) is 2. The van der Waals surface area contributed by atoms with Crippen LogP contribution in [0, 0.1) is 0 Å². The standard InChI is InChI=1S/C12H21N5O4/c1-3-21-12(19)9-16(4-5-20-2)11(18)8-17-7-10(6-13)14-15-17/h7H,3-6,8-9,13H2,1-2H3. The van der Waals surface area contributed by atoms with Gasteiger partial charge in [0.25, 0.3) is 0 Å². The van der Waals surface area contributed by atoms with Crippen LogP contribution in [0.15, 0.2) is 6.20 Å². The van der Waals surface area contributed by atoms with Crippen LogP contribution in [0.5, 0.6) is 0 Å². The number of nitrogens with two attached hydrogens (primary N) is 1. The van der Waals surface area contributed by atoms with E-state index in [9.17, 15) is 9.59 Å². The molecule has 0 unspecified atom stereocenters. The van der Waals surface area contributed by atoms with Crippen LogP contribution in [0.4, 0.5) is 0 Å². The molecule has 0 aliphatic rings. The first-order chi connectivity index (χ1) is 10.1. The Balaban J connectivity index is 2.62. The molecule has 9 heteroatoms. The first kappa shape index (κ1) is 17.1. The maximum absolute atomic E-state index is 12.2. The lowest BCUT2D eigenvalue weighted by atomic mass is 10.4. The molecule has 1 heterocycles. The summed E-state index contributed by atoms with van der Waals surface area (Å²) >= 11 is 0. The monoisotopic (exact) mass is 299 g/mol. The number of nitrogens with zero attached hydrogens (tertiary/aromatic N) is 4. The average molecular weight is 299 g/mol.